The van der Waals surface area contributed by atoms with Crippen LogP contribution in [0.25, 0.3) is 0 Å². The van der Waals surface area contributed by atoms with Gasteiger partial charge >= 0.3 is 0 Å². The summed E-state index contributed by atoms with van der Waals surface area (Å²) in [6.45, 7) is 0.927. The Hall–Kier alpha value is -0.620. The zero-order valence-corrected chi connectivity index (χ0v) is 11.5. The summed E-state index contributed by atoms with van der Waals surface area (Å²) in [5.74, 6) is 0.440. The van der Waals surface area contributed by atoms with Crippen LogP contribution in [-0.4, -0.2) is 49.9 Å². The van der Waals surface area contributed by atoms with Crippen LogP contribution in [0.15, 0.2) is 0 Å². The monoisotopic (exact) mass is 274 g/mol. The number of hydrogen-bond donors (Lipinski definition) is 1. The third kappa shape index (κ3) is 3.45. The molecule has 0 bridgehead atoms. The summed E-state index contributed by atoms with van der Waals surface area (Å²) in [7, 11) is -2.95. The third-order valence-corrected chi connectivity index (χ3v) is 5.65. The molecule has 1 aliphatic carbocycles. The van der Waals surface area contributed by atoms with Crippen LogP contribution in [0.1, 0.15) is 32.1 Å². The summed E-state index contributed by atoms with van der Waals surface area (Å²) in [5, 5.41) is 0. The fourth-order valence-electron chi connectivity index (χ4n) is 2.87. The number of nitrogens with two attached hydrogens (primary N) is 1. The Labute approximate surface area is 109 Å². The number of carbonyl (C=O) groups excluding carboxylic acids is 1. The molecule has 0 aromatic carbocycles. The molecular formula is C12H22N2O3S. The fourth-order valence-corrected chi connectivity index (χ4v) is 4.14. The molecule has 0 radical (unpaired) electrons. The number of rotatable bonds is 1. The minimum atomic E-state index is -2.95. The normalized spacial score (nSPS) is 32.8. The van der Waals surface area contributed by atoms with Crippen molar-refractivity contribution in [3.05, 3.63) is 0 Å². The highest BCUT2D eigenvalue weighted by atomic mass is 32.2. The molecule has 1 saturated carbocycles. The van der Waals surface area contributed by atoms with E-state index >= 15 is 0 Å². The van der Waals surface area contributed by atoms with Gasteiger partial charge in [0.2, 0.25) is 5.91 Å². The first-order valence-electron chi connectivity index (χ1n) is 6.73. The van der Waals surface area contributed by atoms with Gasteiger partial charge in [0, 0.05) is 25.0 Å². The molecule has 1 amide bonds. The highest BCUT2D eigenvalue weighted by Crippen LogP contribution is 2.25. The molecule has 18 heavy (non-hydrogen) atoms. The molecule has 1 heterocycles. The standard InChI is InChI=1S/C12H22N2O3S/c13-11-4-1-3-10(9-11)12(15)14-5-2-7-18(16,17)8-6-14/h10-11H,1-9,13H2. The van der Waals surface area contributed by atoms with Crippen molar-refractivity contribution in [2.75, 3.05) is 24.6 Å². The SMILES string of the molecule is NC1CCCC(C(=O)N2CCCS(=O)(=O)CC2)C1. The first-order chi connectivity index (χ1) is 8.48. The lowest BCUT2D eigenvalue weighted by Gasteiger charge is -2.30. The van der Waals surface area contributed by atoms with Gasteiger partial charge in [-0.25, -0.2) is 8.42 Å². The topological polar surface area (TPSA) is 80.5 Å². The number of carbonyl (C=O) groups is 1. The van der Waals surface area contributed by atoms with Crippen molar-refractivity contribution in [1.82, 2.24) is 4.90 Å². The van der Waals surface area contributed by atoms with Crippen LogP contribution in [0.3, 0.4) is 0 Å². The van der Waals surface area contributed by atoms with E-state index in [9.17, 15) is 13.2 Å². The average Bonchev–Trinajstić information content (AvgIpc) is 2.49. The lowest BCUT2D eigenvalue weighted by Crippen LogP contribution is -2.41. The van der Waals surface area contributed by atoms with Crippen LogP contribution in [0.2, 0.25) is 0 Å². The van der Waals surface area contributed by atoms with Gasteiger partial charge in [-0.3, -0.25) is 4.79 Å². The van der Waals surface area contributed by atoms with Gasteiger partial charge in [-0.1, -0.05) is 6.42 Å². The molecule has 104 valence electrons. The minimum absolute atomic E-state index is 0.00885. The highest BCUT2D eigenvalue weighted by molar-refractivity contribution is 7.91. The molecule has 0 aromatic heterocycles. The van der Waals surface area contributed by atoms with E-state index in [0.717, 1.165) is 25.7 Å². The molecule has 2 rings (SSSR count). The Morgan fingerprint density at radius 3 is 2.61 bits per heavy atom. The molecule has 6 heteroatoms. The molecule has 1 saturated heterocycles. The van der Waals surface area contributed by atoms with Crippen LogP contribution < -0.4 is 5.73 Å². The van der Waals surface area contributed by atoms with Crippen molar-refractivity contribution in [1.29, 1.82) is 0 Å². The maximum Gasteiger partial charge on any atom is 0.225 e. The molecule has 2 unspecified atom stereocenters. The fraction of sp³-hybridized carbons (Fsp3) is 0.917. The molecule has 2 N–H and O–H groups in total. The predicted octanol–water partition coefficient (Wildman–Crippen LogP) is 0.151. The smallest absolute Gasteiger partial charge is 0.225 e. The van der Waals surface area contributed by atoms with Crippen LogP contribution >= 0.6 is 0 Å². The van der Waals surface area contributed by atoms with Crippen molar-refractivity contribution in [2.45, 2.75) is 38.1 Å². The lowest BCUT2D eigenvalue weighted by molar-refractivity contribution is -0.136. The van der Waals surface area contributed by atoms with Crippen LogP contribution in [0.5, 0.6) is 0 Å². The van der Waals surface area contributed by atoms with Crippen LogP contribution in [0.4, 0.5) is 0 Å². The van der Waals surface area contributed by atoms with E-state index in [4.69, 9.17) is 5.73 Å². The second kappa shape index (κ2) is 5.57. The predicted molar refractivity (Wildman–Crippen MR) is 69.8 cm³/mol. The second-order valence-electron chi connectivity index (χ2n) is 5.45. The van der Waals surface area contributed by atoms with Gasteiger partial charge in [-0.05, 0) is 25.7 Å². The van der Waals surface area contributed by atoms with Crippen molar-refractivity contribution >= 4 is 15.7 Å². The number of nitrogens with zero attached hydrogens (tertiary/aromatic N) is 1. The zero-order valence-electron chi connectivity index (χ0n) is 10.7. The first kappa shape index (κ1) is 13.8. The summed E-state index contributed by atoms with van der Waals surface area (Å²) in [6.07, 6.45) is 4.21. The average molecular weight is 274 g/mol. The van der Waals surface area contributed by atoms with Crippen LogP contribution in [-0.2, 0) is 14.6 Å². The van der Waals surface area contributed by atoms with E-state index in [1.165, 1.54) is 0 Å². The van der Waals surface area contributed by atoms with Gasteiger partial charge in [0.25, 0.3) is 0 Å². The van der Waals surface area contributed by atoms with E-state index in [1.54, 1.807) is 4.90 Å². The van der Waals surface area contributed by atoms with E-state index in [2.05, 4.69) is 0 Å². The molecular weight excluding hydrogens is 252 g/mol. The highest BCUT2D eigenvalue weighted by Gasteiger charge is 2.30. The number of hydrogen-bond acceptors (Lipinski definition) is 4. The van der Waals surface area contributed by atoms with Crippen molar-refractivity contribution in [3.63, 3.8) is 0 Å². The van der Waals surface area contributed by atoms with Crippen molar-refractivity contribution in [2.24, 2.45) is 11.7 Å². The summed E-state index contributed by atoms with van der Waals surface area (Å²) in [4.78, 5) is 14.1. The van der Waals surface area contributed by atoms with Gasteiger partial charge in [-0.2, -0.15) is 0 Å². The first-order valence-corrected chi connectivity index (χ1v) is 8.55. The van der Waals surface area contributed by atoms with E-state index in [0.29, 0.717) is 19.5 Å². The quantitative estimate of drug-likeness (QED) is 0.738. The summed E-state index contributed by atoms with van der Waals surface area (Å²) in [5.41, 5.74) is 5.90. The molecule has 2 fully saturated rings. The third-order valence-electron chi connectivity index (χ3n) is 3.93. The number of sulfone groups is 1. The zero-order chi connectivity index (χ0) is 13.2. The maximum absolute atomic E-state index is 12.3. The number of amides is 1. The van der Waals surface area contributed by atoms with Gasteiger partial charge in [0.15, 0.2) is 9.84 Å². The Kier molecular flexibility index (Phi) is 4.27. The Bertz CT molecular complexity index is 408. The lowest BCUT2D eigenvalue weighted by atomic mass is 9.85. The Balaban J connectivity index is 1.96. The van der Waals surface area contributed by atoms with Crippen molar-refractivity contribution < 1.29 is 13.2 Å². The molecule has 2 atom stereocenters. The van der Waals surface area contributed by atoms with Crippen molar-refractivity contribution in [3.8, 4) is 0 Å². The maximum atomic E-state index is 12.3. The second-order valence-corrected chi connectivity index (χ2v) is 7.76. The Morgan fingerprint density at radius 2 is 1.89 bits per heavy atom. The van der Waals surface area contributed by atoms with Gasteiger partial charge in [0.05, 0.1) is 11.5 Å². The van der Waals surface area contributed by atoms with E-state index in [1.807, 2.05) is 0 Å². The largest absolute Gasteiger partial charge is 0.341 e. The van der Waals surface area contributed by atoms with Crippen LogP contribution in [0, 0.1) is 5.92 Å². The van der Waals surface area contributed by atoms with Gasteiger partial charge < -0.3 is 10.6 Å². The molecule has 0 aromatic rings. The summed E-state index contributed by atoms with van der Waals surface area (Å²) < 4.78 is 23.0. The molecule has 5 nitrogen and oxygen atoms in total. The van der Waals surface area contributed by atoms with E-state index < -0.39 is 9.84 Å². The van der Waals surface area contributed by atoms with Gasteiger partial charge in [0.1, 0.15) is 0 Å². The molecule has 1 aliphatic heterocycles. The summed E-state index contributed by atoms with van der Waals surface area (Å²) in [6, 6.07) is 0.128. The minimum Gasteiger partial charge on any atom is -0.341 e. The molecule has 0 spiro atoms. The summed E-state index contributed by atoms with van der Waals surface area (Å²) >= 11 is 0. The molecule has 2 aliphatic rings. The van der Waals surface area contributed by atoms with Gasteiger partial charge in [-0.15, -0.1) is 0 Å². The Morgan fingerprint density at radius 1 is 1.11 bits per heavy atom. The van der Waals surface area contributed by atoms with E-state index in [-0.39, 0.29) is 29.4 Å².